The third kappa shape index (κ3) is 8.45. The highest BCUT2D eigenvalue weighted by molar-refractivity contribution is 5.76. The molecular formula is C12H19F3O4. The SMILES string of the molecule is CCC(C)(C)C(=O)OCCC(=O)OCCC(F)(F)F. The number of rotatable bonds is 7. The topological polar surface area (TPSA) is 52.6 Å². The number of carbonyl (C=O) groups is 2. The van der Waals surface area contributed by atoms with Gasteiger partial charge < -0.3 is 9.47 Å². The first-order chi connectivity index (χ1) is 8.58. The first kappa shape index (κ1) is 17.7. The summed E-state index contributed by atoms with van der Waals surface area (Å²) < 4.78 is 44.5. The lowest BCUT2D eigenvalue weighted by molar-refractivity contribution is -0.161. The molecule has 7 heteroatoms. The van der Waals surface area contributed by atoms with Crippen molar-refractivity contribution in [2.75, 3.05) is 13.2 Å². The van der Waals surface area contributed by atoms with Crippen LogP contribution >= 0.6 is 0 Å². The molecule has 0 spiro atoms. The number of hydrogen-bond acceptors (Lipinski definition) is 4. The number of carbonyl (C=O) groups excluding carboxylic acids is 2. The molecule has 112 valence electrons. The van der Waals surface area contributed by atoms with Gasteiger partial charge in [-0.15, -0.1) is 0 Å². The summed E-state index contributed by atoms with van der Waals surface area (Å²) in [6, 6.07) is 0. The lowest BCUT2D eigenvalue weighted by Gasteiger charge is -2.20. The van der Waals surface area contributed by atoms with Crippen LogP contribution in [0.2, 0.25) is 0 Å². The number of esters is 2. The molecule has 0 fully saturated rings. The van der Waals surface area contributed by atoms with Gasteiger partial charge in [0, 0.05) is 0 Å². The van der Waals surface area contributed by atoms with Gasteiger partial charge in [0.1, 0.15) is 6.61 Å². The van der Waals surface area contributed by atoms with Crippen molar-refractivity contribution in [3.63, 3.8) is 0 Å². The lowest BCUT2D eigenvalue weighted by Crippen LogP contribution is -2.26. The predicted molar refractivity (Wildman–Crippen MR) is 61.3 cm³/mol. The first-order valence-electron chi connectivity index (χ1n) is 5.98. The Kier molecular flexibility index (Phi) is 6.86. The highest BCUT2D eigenvalue weighted by atomic mass is 19.4. The van der Waals surface area contributed by atoms with E-state index in [1.54, 1.807) is 13.8 Å². The standard InChI is InChI=1S/C12H19F3O4/c1-4-11(2,3)10(17)19-7-5-9(16)18-8-6-12(13,14)15/h4-8H2,1-3H3. The van der Waals surface area contributed by atoms with E-state index in [1.807, 2.05) is 6.92 Å². The van der Waals surface area contributed by atoms with Gasteiger partial charge in [-0.25, -0.2) is 0 Å². The summed E-state index contributed by atoms with van der Waals surface area (Å²) in [7, 11) is 0. The summed E-state index contributed by atoms with van der Waals surface area (Å²) in [4.78, 5) is 22.5. The quantitative estimate of drug-likeness (QED) is 0.675. The maximum atomic E-state index is 11.8. The fourth-order valence-corrected chi connectivity index (χ4v) is 0.920. The molecule has 0 unspecified atom stereocenters. The van der Waals surface area contributed by atoms with Crippen LogP contribution in [0.5, 0.6) is 0 Å². The smallest absolute Gasteiger partial charge is 0.392 e. The van der Waals surface area contributed by atoms with Crippen molar-refractivity contribution >= 4 is 11.9 Å². The van der Waals surface area contributed by atoms with Crippen LogP contribution in [0.1, 0.15) is 40.0 Å². The Morgan fingerprint density at radius 1 is 1.05 bits per heavy atom. The molecule has 0 amide bonds. The van der Waals surface area contributed by atoms with Crippen molar-refractivity contribution in [2.45, 2.75) is 46.2 Å². The summed E-state index contributed by atoms with van der Waals surface area (Å²) in [5.74, 6) is -1.26. The Morgan fingerprint density at radius 3 is 2.11 bits per heavy atom. The van der Waals surface area contributed by atoms with Gasteiger partial charge in [0.2, 0.25) is 0 Å². The molecule has 0 heterocycles. The molecule has 0 bridgehead atoms. The van der Waals surface area contributed by atoms with Crippen LogP contribution in [0.25, 0.3) is 0 Å². The first-order valence-corrected chi connectivity index (χ1v) is 5.98. The van der Waals surface area contributed by atoms with Gasteiger partial charge in [-0.3, -0.25) is 9.59 Å². The second-order valence-corrected chi connectivity index (χ2v) is 4.71. The van der Waals surface area contributed by atoms with Crippen LogP contribution in [0.3, 0.4) is 0 Å². The lowest BCUT2D eigenvalue weighted by atomic mass is 9.91. The van der Waals surface area contributed by atoms with E-state index < -0.39 is 36.6 Å². The van der Waals surface area contributed by atoms with Crippen molar-refractivity contribution in [1.29, 1.82) is 0 Å². The van der Waals surface area contributed by atoms with Gasteiger partial charge in [0.05, 0.1) is 24.9 Å². The predicted octanol–water partition coefficient (Wildman–Crippen LogP) is 2.85. The average Bonchev–Trinajstić information content (AvgIpc) is 2.27. The van der Waals surface area contributed by atoms with E-state index in [4.69, 9.17) is 4.74 Å². The van der Waals surface area contributed by atoms with E-state index in [1.165, 1.54) is 0 Å². The summed E-state index contributed by atoms with van der Waals surface area (Å²) in [5.41, 5.74) is -0.639. The molecule has 0 saturated heterocycles. The summed E-state index contributed by atoms with van der Waals surface area (Å²) in [6.45, 7) is 4.34. The Hall–Kier alpha value is -1.27. The van der Waals surface area contributed by atoms with E-state index in [0.29, 0.717) is 6.42 Å². The molecule has 0 rings (SSSR count). The van der Waals surface area contributed by atoms with Crippen LogP contribution in [0, 0.1) is 5.41 Å². The fraction of sp³-hybridized carbons (Fsp3) is 0.833. The molecule has 0 aliphatic carbocycles. The minimum Gasteiger partial charge on any atom is -0.465 e. The van der Waals surface area contributed by atoms with E-state index in [-0.39, 0.29) is 13.0 Å². The van der Waals surface area contributed by atoms with Crippen LogP contribution in [0.15, 0.2) is 0 Å². The number of alkyl halides is 3. The Labute approximate surface area is 110 Å². The molecule has 0 aromatic carbocycles. The molecule has 0 saturated carbocycles. The van der Waals surface area contributed by atoms with Crippen molar-refractivity contribution in [1.82, 2.24) is 0 Å². The summed E-state index contributed by atoms with van der Waals surface area (Å²) >= 11 is 0. The third-order valence-electron chi connectivity index (χ3n) is 2.62. The molecule has 0 radical (unpaired) electrons. The molecule has 0 atom stereocenters. The van der Waals surface area contributed by atoms with Crippen LogP contribution in [0.4, 0.5) is 13.2 Å². The molecule has 0 aromatic rings. The van der Waals surface area contributed by atoms with E-state index in [9.17, 15) is 22.8 Å². The van der Waals surface area contributed by atoms with Gasteiger partial charge >= 0.3 is 18.1 Å². The number of ether oxygens (including phenoxy) is 2. The van der Waals surface area contributed by atoms with Gasteiger partial charge in [0.15, 0.2) is 0 Å². The monoisotopic (exact) mass is 284 g/mol. The highest BCUT2D eigenvalue weighted by Crippen LogP contribution is 2.21. The molecule has 4 nitrogen and oxygen atoms in total. The average molecular weight is 284 g/mol. The molecule has 19 heavy (non-hydrogen) atoms. The molecule has 0 aliphatic rings. The van der Waals surface area contributed by atoms with E-state index in [2.05, 4.69) is 4.74 Å². The zero-order valence-corrected chi connectivity index (χ0v) is 11.3. The second kappa shape index (κ2) is 7.35. The Morgan fingerprint density at radius 2 is 1.63 bits per heavy atom. The number of halogens is 3. The Balaban J connectivity index is 3.79. The normalized spacial score (nSPS) is 12.1. The summed E-state index contributed by atoms with van der Waals surface area (Å²) in [5, 5.41) is 0. The van der Waals surface area contributed by atoms with E-state index >= 15 is 0 Å². The summed E-state index contributed by atoms with van der Waals surface area (Å²) in [6.07, 6.45) is -5.19. The van der Waals surface area contributed by atoms with Crippen molar-refractivity contribution in [2.24, 2.45) is 5.41 Å². The minimum absolute atomic E-state index is 0.187. The minimum atomic E-state index is -4.35. The van der Waals surface area contributed by atoms with Crippen LogP contribution in [-0.2, 0) is 19.1 Å². The van der Waals surface area contributed by atoms with Gasteiger partial charge in [-0.2, -0.15) is 13.2 Å². The maximum absolute atomic E-state index is 11.8. The zero-order chi connectivity index (χ0) is 15.1. The van der Waals surface area contributed by atoms with E-state index in [0.717, 1.165) is 0 Å². The fourth-order valence-electron chi connectivity index (χ4n) is 0.920. The van der Waals surface area contributed by atoms with Crippen LogP contribution in [-0.4, -0.2) is 31.3 Å². The molecular weight excluding hydrogens is 265 g/mol. The molecule has 0 N–H and O–H groups in total. The largest absolute Gasteiger partial charge is 0.465 e. The molecule has 0 aromatic heterocycles. The second-order valence-electron chi connectivity index (χ2n) is 4.71. The highest BCUT2D eigenvalue weighted by Gasteiger charge is 2.28. The van der Waals surface area contributed by atoms with Gasteiger partial charge in [-0.05, 0) is 20.3 Å². The van der Waals surface area contributed by atoms with Crippen LogP contribution < -0.4 is 0 Å². The number of hydrogen-bond donors (Lipinski definition) is 0. The maximum Gasteiger partial charge on any atom is 0.392 e. The van der Waals surface area contributed by atoms with Gasteiger partial charge in [-0.1, -0.05) is 6.92 Å². The van der Waals surface area contributed by atoms with Crippen molar-refractivity contribution in [3.05, 3.63) is 0 Å². The third-order valence-corrected chi connectivity index (χ3v) is 2.62. The zero-order valence-electron chi connectivity index (χ0n) is 11.3. The van der Waals surface area contributed by atoms with Gasteiger partial charge in [0.25, 0.3) is 0 Å². The van der Waals surface area contributed by atoms with Crippen molar-refractivity contribution in [3.8, 4) is 0 Å². The Bertz CT molecular complexity index is 311. The molecule has 0 aliphatic heterocycles. The van der Waals surface area contributed by atoms with Crippen molar-refractivity contribution < 1.29 is 32.2 Å².